The van der Waals surface area contributed by atoms with E-state index in [1.165, 1.54) is 0 Å². The Morgan fingerprint density at radius 3 is 2.65 bits per heavy atom. The molecule has 2 aliphatic rings. The molecule has 3 heterocycles. The van der Waals surface area contributed by atoms with Crippen molar-refractivity contribution in [2.75, 3.05) is 20.2 Å². The van der Waals surface area contributed by atoms with E-state index in [1.54, 1.807) is 7.11 Å². The number of aromatic carboxylic acids is 1. The van der Waals surface area contributed by atoms with Crippen LogP contribution in [-0.4, -0.2) is 46.4 Å². The fourth-order valence-electron chi connectivity index (χ4n) is 4.83. The third kappa shape index (κ3) is 3.21. The van der Waals surface area contributed by atoms with E-state index in [9.17, 15) is 9.90 Å². The minimum absolute atomic E-state index is 0.395. The van der Waals surface area contributed by atoms with E-state index in [0.717, 1.165) is 51.5 Å². The molecule has 4 N–H and O–H groups in total. The Hall–Kier alpha value is -3.16. The van der Waals surface area contributed by atoms with Gasteiger partial charge in [0.2, 0.25) is 0 Å². The average Bonchev–Trinajstić information content (AvgIpc) is 3.04. The average molecular weight is 418 g/mol. The standard InChI is InChI=1S/C24H26N4O3/c1-28-20(10-24(25)12-26-13-24)21(23(29)30)17-8-5-15-11-27-19(9-18(15)22(17)28)14-3-6-16(31-2)7-4-14/h3-4,6-7,9,11,26H,5,8,10,12-13,25H2,1-2H3,(H,29,30). The summed E-state index contributed by atoms with van der Waals surface area (Å²) in [5.74, 6) is -0.0843. The normalized spacial score (nSPS) is 16.2. The summed E-state index contributed by atoms with van der Waals surface area (Å²) in [4.78, 5) is 16.9. The second kappa shape index (κ2) is 7.21. The van der Waals surface area contributed by atoms with Crippen molar-refractivity contribution >= 4 is 5.97 Å². The number of rotatable bonds is 5. The van der Waals surface area contributed by atoms with E-state index in [0.29, 0.717) is 31.5 Å². The molecular formula is C24H26N4O3. The highest BCUT2D eigenvalue weighted by Gasteiger charge is 2.37. The molecule has 1 saturated heterocycles. The predicted octanol–water partition coefficient (Wildman–Crippen LogP) is 2.40. The number of ether oxygens (including phenoxy) is 1. The molecule has 5 rings (SSSR count). The van der Waals surface area contributed by atoms with Gasteiger partial charge >= 0.3 is 5.97 Å². The monoisotopic (exact) mass is 418 g/mol. The number of nitrogens with two attached hydrogens (primary N) is 1. The van der Waals surface area contributed by atoms with Crippen LogP contribution in [0.2, 0.25) is 0 Å². The Labute approximate surface area is 180 Å². The van der Waals surface area contributed by atoms with Crippen LogP contribution in [0.1, 0.15) is 27.2 Å². The molecule has 7 nitrogen and oxygen atoms in total. The SMILES string of the molecule is COc1ccc(-c2cc3c(cn2)CCc2c(C(=O)O)c(CC4(N)CNC4)n(C)c2-3)cc1. The van der Waals surface area contributed by atoms with E-state index in [4.69, 9.17) is 10.5 Å². The molecule has 3 aromatic rings. The third-order valence-corrected chi connectivity index (χ3v) is 6.58. The zero-order valence-electron chi connectivity index (χ0n) is 17.7. The second-order valence-electron chi connectivity index (χ2n) is 8.61. The van der Waals surface area contributed by atoms with Crippen molar-refractivity contribution in [3.05, 3.63) is 58.9 Å². The number of carbonyl (C=O) groups is 1. The van der Waals surface area contributed by atoms with Gasteiger partial charge in [-0.2, -0.15) is 0 Å². The van der Waals surface area contributed by atoms with Crippen molar-refractivity contribution in [2.24, 2.45) is 12.8 Å². The van der Waals surface area contributed by atoms with E-state index in [1.807, 2.05) is 42.1 Å². The number of hydrogen-bond acceptors (Lipinski definition) is 5. The summed E-state index contributed by atoms with van der Waals surface area (Å²) in [6, 6.07) is 9.88. The van der Waals surface area contributed by atoms with Gasteiger partial charge in [0.05, 0.1) is 24.1 Å². The zero-order valence-corrected chi connectivity index (χ0v) is 17.7. The number of methoxy groups -OCH3 is 1. The van der Waals surface area contributed by atoms with Gasteiger partial charge in [-0.3, -0.25) is 4.98 Å². The van der Waals surface area contributed by atoms with Gasteiger partial charge in [0.25, 0.3) is 0 Å². The first-order valence-corrected chi connectivity index (χ1v) is 10.5. The highest BCUT2D eigenvalue weighted by Crippen LogP contribution is 2.40. The number of aryl methyl sites for hydroxylation is 1. The van der Waals surface area contributed by atoms with Gasteiger partial charge in [0, 0.05) is 55.1 Å². The fourth-order valence-corrected chi connectivity index (χ4v) is 4.83. The predicted molar refractivity (Wildman–Crippen MR) is 118 cm³/mol. The molecule has 1 fully saturated rings. The van der Waals surface area contributed by atoms with Gasteiger partial charge in [0.1, 0.15) is 5.75 Å². The zero-order chi connectivity index (χ0) is 21.8. The molecule has 0 atom stereocenters. The smallest absolute Gasteiger partial charge is 0.337 e. The first kappa shape index (κ1) is 19.8. The minimum Gasteiger partial charge on any atom is -0.497 e. The number of nitrogens with zero attached hydrogens (tertiary/aromatic N) is 2. The van der Waals surface area contributed by atoms with Crippen molar-refractivity contribution in [1.29, 1.82) is 0 Å². The number of benzene rings is 1. The van der Waals surface area contributed by atoms with Crippen LogP contribution in [-0.2, 0) is 26.3 Å². The number of pyridine rings is 1. The van der Waals surface area contributed by atoms with E-state index in [2.05, 4.69) is 16.4 Å². The molecule has 0 unspecified atom stereocenters. The number of carboxylic acids is 1. The maximum absolute atomic E-state index is 12.3. The van der Waals surface area contributed by atoms with Crippen LogP contribution < -0.4 is 15.8 Å². The largest absolute Gasteiger partial charge is 0.497 e. The Kier molecular flexibility index (Phi) is 4.60. The molecule has 0 radical (unpaired) electrons. The van der Waals surface area contributed by atoms with Gasteiger partial charge in [0.15, 0.2) is 0 Å². The molecular weight excluding hydrogens is 392 g/mol. The molecule has 7 heteroatoms. The molecule has 0 bridgehead atoms. The van der Waals surface area contributed by atoms with Crippen LogP contribution in [0.3, 0.4) is 0 Å². The van der Waals surface area contributed by atoms with Gasteiger partial charge in [-0.15, -0.1) is 0 Å². The molecule has 2 aromatic heterocycles. The summed E-state index contributed by atoms with van der Waals surface area (Å²) in [6.45, 7) is 1.40. The Morgan fingerprint density at radius 1 is 1.29 bits per heavy atom. The minimum atomic E-state index is -0.879. The van der Waals surface area contributed by atoms with Crippen LogP contribution in [0.4, 0.5) is 0 Å². The molecule has 0 saturated carbocycles. The molecule has 31 heavy (non-hydrogen) atoms. The maximum atomic E-state index is 12.3. The number of nitrogens with one attached hydrogen (secondary N) is 1. The van der Waals surface area contributed by atoms with Crippen molar-refractivity contribution in [2.45, 2.75) is 24.8 Å². The lowest BCUT2D eigenvalue weighted by atomic mass is 9.85. The quantitative estimate of drug-likeness (QED) is 0.588. The summed E-state index contributed by atoms with van der Waals surface area (Å²) >= 11 is 0. The van der Waals surface area contributed by atoms with Crippen LogP contribution >= 0.6 is 0 Å². The Morgan fingerprint density at radius 2 is 2.03 bits per heavy atom. The molecule has 1 aromatic carbocycles. The van der Waals surface area contributed by atoms with Gasteiger partial charge in [-0.05, 0) is 54.3 Å². The highest BCUT2D eigenvalue weighted by atomic mass is 16.5. The van der Waals surface area contributed by atoms with Gasteiger partial charge < -0.3 is 25.5 Å². The summed E-state index contributed by atoms with van der Waals surface area (Å²) in [5.41, 5.74) is 13.2. The fraction of sp³-hybridized carbons (Fsp3) is 0.333. The Bertz CT molecular complexity index is 1180. The summed E-state index contributed by atoms with van der Waals surface area (Å²) in [6.07, 6.45) is 3.93. The van der Waals surface area contributed by atoms with Crippen molar-refractivity contribution < 1.29 is 14.6 Å². The molecule has 0 amide bonds. The lowest BCUT2D eigenvalue weighted by molar-refractivity contribution is 0.0693. The van der Waals surface area contributed by atoms with Crippen LogP contribution in [0.5, 0.6) is 5.75 Å². The number of fused-ring (bicyclic) bond motifs is 3. The van der Waals surface area contributed by atoms with Crippen LogP contribution in [0, 0.1) is 0 Å². The Balaban J connectivity index is 1.64. The maximum Gasteiger partial charge on any atom is 0.337 e. The molecule has 160 valence electrons. The van der Waals surface area contributed by atoms with E-state index >= 15 is 0 Å². The van der Waals surface area contributed by atoms with Gasteiger partial charge in [-0.25, -0.2) is 4.79 Å². The van der Waals surface area contributed by atoms with E-state index < -0.39 is 11.5 Å². The summed E-state index contributed by atoms with van der Waals surface area (Å²) in [5, 5.41) is 13.3. The van der Waals surface area contributed by atoms with Gasteiger partial charge in [-0.1, -0.05) is 0 Å². The van der Waals surface area contributed by atoms with Crippen molar-refractivity contribution in [1.82, 2.24) is 14.9 Å². The van der Waals surface area contributed by atoms with Crippen molar-refractivity contribution in [3.63, 3.8) is 0 Å². The topological polar surface area (TPSA) is 102 Å². The molecule has 0 spiro atoms. The lowest BCUT2D eigenvalue weighted by Crippen LogP contribution is -2.67. The first-order valence-electron chi connectivity index (χ1n) is 10.5. The van der Waals surface area contributed by atoms with Crippen LogP contribution in [0.25, 0.3) is 22.5 Å². The number of aromatic nitrogens is 2. The molecule has 1 aliphatic carbocycles. The van der Waals surface area contributed by atoms with Crippen molar-refractivity contribution in [3.8, 4) is 28.3 Å². The number of carboxylic acid groups (broad SMARTS) is 1. The molecule has 1 aliphatic heterocycles. The summed E-state index contributed by atoms with van der Waals surface area (Å²) < 4.78 is 7.30. The first-order chi connectivity index (χ1) is 14.9. The van der Waals surface area contributed by atoms with E-state index in [-0.39, 0.29) is 0 Å². The third-order valence-electron chi connectivity index (χ3n) is 6.58. The second-order valence-corrected chi connectivity index (χ2v) is 8.61. The van der Waals surface area contributed by atoms with Crippen LogP contribution in [0.15, 0.2) is 36.5 Å². The summed E-state index contributed by atoms with van der Waals surface area (Å²) in [7, 11) is 3.60. The lowest BCUT2D eigenvalue weighted by Gasteiger charge is -2.39. The number of hydrogen-bond donors (Lipinski definition) is 3. The highest BCUT2D eigenvalue weighted by molar-refractivity contribution is 5.95.